The second kappa shape index (κ2) is 5.98. The summed E-state index contributed by atoms with van der Waals surface area (Å²) in [6, 6.07) is 0.685. The average Bonchev–Trinajstić information content (AvgIpc) is 3.00. The van der Waals surface area contributed by atoms with Crippen molar-refractivity contribution in [3.63, 3.8) is 0 Å². The molecule has 96 valence electrons. The van der Waals surface area contributed by atoms with E-state index in [9.17, 15) is 8.42 Å². The van der Waals surface area contributed by atoms with E-state index in [-0.39, 0.29) is 11.8 Å². The highest BCUT2D eigenvalue weighted by molar-refractivity contribution is 7.89. The molecule has 1 atom stereocenters. The molecule has 0 heterocycles. The molecule has 0 spiro atoms. The van der Waals surface area contributed by atoms with E-state index in [0.717, 1.165) is 12.8 Å². The minimum absolute atomic E-state index is 0.107. The van der Waals surface area contributed by atoms with E-state index in [1.807, 2.05) is 6.92 Å². The Morgan fingerprint density at radius 3 is 2.56 bits per heavy atom. The molecule has 0 saturated heterocycles. The van der Waals surface area contributed by atoms with Crippen LogP contribution in [0.15, 0.2) is 0 Å². The average molecular weight is 248 g/mol. The van der Waals surface area contributed by atoms with Gasteiger partial charge < -0.3 is 5.32 Å². The fourth-order valence-electron chi connectivity index (χ4n) is 1.70. The van der Waals surface area contributed by atoms with E-state index in [1.165, 1.54) is 17.1 Å². The Bertz CT molecular complexity index is 299. The van der Waals surface area contributed by atoms with Crippen LogP contribution in [0, 0.1) is 0 Å². The minimum atomic E-state index is -3.08. The van der Waals surface area contributed by atoms with Gasteiger partial charge in [-0.05, 0) is 26.2 Å². The lowest BCUT2D eigenvalue weighted by Crippen LogP contribution is -2.39. The van der Waals surface area contributed by atoms with Crippen molar-refractivity contribution in [1.82, 2.24) is 9.62 Å². The molecule has 0 amide bonds. The molecule has 0 aliphatic heterocycles. The Morgan fingerprint density at radius 2 is 2.06 bits per heavy atom. The monoisotopic (exact) mass is 248 g/mol. The summed E-state index contributed by atoms with van der Waals surface area (Å²) in [4.78, 5) is 0. The van der Waals surface area contributed by atoms with Crippen molar-refractivity contribution in [3.05, 3.63) is 0 Å². The minimum Gasteiger partial charge on any atom is -0.313 e. The molecule has 1 saturated carbocycles. The van der Waals surface area contributed by atoms with Crippen molar-refractivity contribution in [2.75, 3.05) is 19.3 Å². The fourth-order valence-corrected chi connectivity index (χ4v) is 3.01. The highest BCUT2D eigenvalue weighted by atomic mass is 32.2. The maximum atomic E-state index is 11.9. The first-order chi connectivity index (χ1) is 7.47. The highest BCUT2D eigenvalue weighted by Gasteiger charge is 2.24. The van der Waals surface area contributed by atoms with Crippen molar-refractivity contribution in [2.24, 2.45) is 0 Å². The van der Waals surface area contributed by atoms with E-state index in [4.69, 9.17) is 0 Å². The van der Waals surface area contributed by atoms with Gasteiger partial charge in [0.15, 0.2) is 0 Å². The van der Waals surface area contributed by atoms with Gasteiger partial charge in [0.2, 0.25) is 10.0 Å². The molecule has 16 heavy (non-hydrogen) atoms. The van der Waals surface area contributed by atoms with Gasteiger partial charge in [-0.25, -0.2) is 12.7 Å². The number of hydrogen-bond acceptors (Lipinski definition) is 3. The molecule has 0 aromatic carbocycles. The van der Waals surface area contributed by atoms with Crippen LogP contribution in [0.3, 0.4) is 0 Å². The second-order valence-corrected chi connectivity index (χ2v) is 6.85. The summed E-state index contributed by atoms with van der Waals surface area (Å²) in [5, 5.41) is 3.23. The normalized spacial score (nSPS) is 19.0. The highest BCUT2D eigenvalue weighted by Crippen LogP contribution is 2.18. The smallest absolute Gasteiger partial charge is 0.215 e. The first kappa shape index (κ1) is 13.9. The summed E-state index contributed by atoms with van der Waals surface area (Å²) in [6.07, 6.45) is 4.33. The van der Waals surface area contributed by atoms with Crippen LogP contribution in [0.4, 0.5) is 0 Å². The first-order valence-corrected chi connectivity index (χ1v) is 7.77. The van der Waals surface area contributed by atoms with Gasteiger partial charge in [-0.3, -0.25) is 0 Å². The molecular weight excluding hydrogens is 224 g/mol. The van der Waals surface area contributed by atoms with Crippen LogP contribution in [0.1, 0.15) is 39.5 Å². The Hall–Kier alpha value is -0.130. The van der Waals surface area contributed by atoms with Crippen LogP contribution in [-0.4, -0.2) is 44.2 Å². The topological polar surface area (TPSA) is 49.4 Å². The molecule has 0 aromatic rings. The quantitative estimate of drug-likeness (QED) is 0.702. The lowest BCUT2D eigenvalue weighted by atomic mass is 10.2. The number of nitrogens with zero attached hydrogens (tertiary/aromatic N) is 1. The molecule has 4 nitrogen and oxygen atoms in total. The maximum absolute atomic E-state index is 11.9. The van der Waals surface area contributed by atoms with Crippen molar-refractivity contribution < 1.29 is 8.42 Å². The van der Waals surface area contributed by atoms with Crippen molar-refractivity contribution in [2.45, 2.75) is 51.6 Å². The fraction of sp³-hybridized carbons (Fsp3) is 1.00. The third kappa shape index (κ3) is 4.39. The van der Waals surface area contributed by atoms with Crippen LogP contribution in [0.25, 0.3) is 0 Å². The molecular formula is C11H24N2O2S. The summed E-state index contributed by atoms with van der Waals surface area (Å²) in [6.45, 7) is 4.62. The standard InChI is InChI=1S/C11H24N2O2S/c1-4-5-10(2)13(3)16(14,15)9-8-12-11-6-7-11/h10-12H,4-9H2,1-3H3. The van der Waals surface area contributed by atoms with Crippen LogP contribution >= 0.6 is 0 Å². The summed E-state index contributed by atoms with van der Waals surface area (Å²) in [5.41, 5.74) is 0. The lowest BCUT2D eigenvalue weighted by molar-refractivity contribution is 0.368. The van der Waals surface area contributed by atoms with Crippen LogP contribution in [0.5, 0.6) is 0 Å². The summed E-state index contributed by atoms with van der Waals surface area (Å²) in [7, 11) is -1.39. The number of sulfonamides is 1. The predicted octanol–water partition coefficient (Wildman–Crippen LogP) is 1.19. The Morgan fingerprint density at radius 1 is 1.44 bits per heavy atom. The Labute approximate surface area is 99.5 Å². The van der Waals surface area contributed by atoms with E-state index in [0.29, 0.717) is 12.6 Å². The molecule has 5 heteroatoms. The molecule has 1 unspecified atom stereocenters. The number of rotatable bonds is 8. The first-order valence-electron chi connectivity index (χ1n) is 6.16. The largest absolute Gasteiger partial charge is 0.313 e. The lowest BCUT2D eigenvalue weighted by Gasteiger charge is -2.24. The zero-order chi connectivity index (χ0) is 12.2. The SMILES string of the molecule is CCCC(C)N(C)S(=O)(=O)CCNC1CC1. The molecule has 1 N–H and O–H groups in total. The zero-order valence-corrected chi connectivity index (χ0v) is 11.4. The summed E-state index contributed by atoms with van der Waals surface area (Å²) >= 11 is 0. The molecule has 0 bridgehead atoms. The van der Waals surface area contributed by atoms with Gasteiger partial charge in [0.1, 0.15) is 0 Å². The molecule has 1 aliphatic carbocycles. The van der Waals surface area contributed by atoms with Gasteiger partial charge >= 0.3 is 0 Å². The maximum Gasteiger partial charge on any atom is 0.215 e. The third-order valence-corrected chi connectivity index (χ3v) is 5.09. The van der Waals surface area contributed by atoms with Gasteiger partial charge in [-0.15, -0.1) is 0 Å². The number of hydrogen-bond donors (Lipinski definition) is 1. The van der Waals surface area contributed by atoms with Crippen molar-refractivity contribution in [3.8, 4) is 0 Å². The van der Waals surface area contributed by atoms with Gasteiger partial charge in [-0.1, -0.05) is 13.3 Å². The molecule has 1 aliphatic rings. The molecule has 1 rings (SSSR count). The zero-order valence-electron chi connectivity index (χ0n) is 10.6. The summed E-state index contributed by atoms with van der Waals surface area (Å²) in [5.74, 6) is 0.216. The third-order valence-electron chi connectivity index (χ3n) is 3.14. The Kier molecular flexibility index (Phi) is 5.21. The van der Waals surface area contributed by atoms with Crippen molar-refractivity contribution >= 4 is 10.0 Å². The second-order valence-electron chi connectivity index (χ2n) is 4.70. The van der Waals surface area contributed by atoms with Crippen LogP contribution in [-0.2, 0) is 10.0 Å². The predicted molar refractivity (Wildman–Crippen MR) is 66.9 cm³/mol. The van der Waals surface area contributed by atoms with Gasteiger partial charge in [0.05, 0.1) is 5.75 Å². The van der Waals surface area contributed by atoms with Gasteiger partial charge in [0, 0.05) is 25.7 Å². The number of nitrogens with one attached hydrogen (secondary N) is 1. The van der Waals surface area contributed by atoms with E-state index < -0.39 is 10.0 Å². The van der Waals surface area contributed by atoms with Gasteiger partial charge in [0.25, 0.3) is 0 Å². The van der Waals surface area contributed by atoms with E-state index in [2.05, 4.69) is 12.2 Å². The molecule has 1 fully saturated rings. The van der Waals surface area contributed by atoms with Crippen LogP contribution < -0.4 is 5.32 Å². The van der Waals surface area contributed by atoms with Gasteiger partial charge in [-0.2, -0.15) is 0 Å². The molecule has 0 radical (unpaired) electrons. The molecule has 0 aromatic heterocycles. The van der Waals surface area contributed by atoms with Crippen molar-refractivity contribution in [1.29, 1.82) is 0 Å². The van der Waals surface area contributed by atoms with E-state index in [1.54, 1.807) is 7.05 Å². The van der Waals surface area contributed by atoms with Crippen LogP contribution in [0.2, 0.25) is 0 Å². The summed E-state index contributed by atoms with van der Waals surface area (Å²) < 4.78 is 25.4. The Balaban J connectivity index is 2.34. The van der Waals surface area contributed by atoms with E-state index >= 15 is 0 Å².